The third-order valence-electron chi connectivity index (χ3n) is 7.13. The van der Waals surface area contributed by atoms with E-state index in [1.165, 1.54) is 24.0 Å². The van der Waals surface area contributed by atoms with E-state index in [9.17, 15) is 9.59 Å². The summed E-state index contributed by atoms with van der Waals surface area (Å²) < 4.78 is 1.94. The molecule has 0 aliphatic carbocycles. The van der Waals surface area contributed by atoms with E-state index < -0.39 is 0 Å². The SMILES string of the molecule is CCC(=O)NC.CCCC.Cc1ccc(CCC(=O)N2CCC(Cn3cncn3)(C(C)C)CC2)cc1. The van der Waals surface area contributed by atoms with Crippen LogP contribution in [0.25, 0.3) is 0 Å². The van der Waals surface area contributed by atoms with Crippen molar-refractivity contribution >= 4 is 11.8 Å². The number of nitrogens with one attached hydrogen (secondary N) is 1. The molecule has 0 saturated carbocycles. The lowest BCUT2D eigenvalue weighted by atomic mass is 9.70. The molecule has 0 bridgehead atoms. The van der Waals surface area contributed by atoms with E-state index >= 15 is 0 Å². The van der Waals surface area contributed by atoms with Crippen LogP contribution in [0.5, 0.6) is 0 Å². The summed E-state index contributed by atoms with van der Waals surface area (Å²) in [5.41, 5.74) is 2.69. The van der Waals surface area contributed by atoms with Crippen LogP contribution < -0.4 is 5.32 Å². The Morgan fingerprint density at radius 2 is 1.67 bits per heavy atom. The van der Waals surface area contributed by atoms with Crippen LogP contribution in [0.4, 0.5) is 0 Å². The van der Waals surface area contributed by atoms with Crippen molar-refractivity contribution < 1.29 is 9.59 Å². The Morgan fingerprint density at radius 3 is 2.08 bits per heavy atom. The molecular weight excluding hydrogens is 450 g/mol. The van der Waals surface area contributed by atoms with Gasteiger partial charge >= 0.3 is 0 Å². The Hall–Kier alpha value is -2.70. The molecule has 2 heterocycles. The Morgan fingerprint density at radius 1 is 1.06 bits per heavy atom. The molecule has 2 amide bonds. The van der Waals surface area contributed by atoms with Crippen molar-refractivity contribution in [3.63, 3.8) is 0 Å². The predicted octanol–water partition coefficient (Wildman–Crippen LogP) is 5.43. The number of nitrogens with zero attached hydrogens (tertiary/aromatic N) is 4. The standard InChI is InChI=1S/C21H30N4O.C4H9NO.C4H10/c1-17(2)21(14-25-16-22-15-23-25)10-12-24(13-11-21)20(26)9-8-19-6-4-18(3)5-7-19;1-3-4(6)5-2;1-3-4-2/h4-7,15-17H,8-14H2,1-3H3;3H2,1-2H3,(H,5,6);3-4H2,1-2H3. The number of likely N-dealkylation sites (tertiary alicyclic amines) is 1. The van der Waals surface area contributed by atoms with Gasteiger partial charge in [0, 0.05) is 39.5 Å². The Balaban J connectivity index is 0.000000551. The van der Waals surface area contributed by atoms with Gasteiger partial charge in [0.15, 0.2) is 0 Å². The van der Waals surface area contributed by atoms with Gasteiger partial charge in [-0.3, -0.25) is 14.3 Å². The fourth-order valence-corrected chi connectivity index (χ4v) is 4.10. The topological polar surface area (TPSA) is 80.1 Å². The molecule has 1 aromatic carbocycles. The Bertz CT molecular complexity index is 846. The Kier molecular flexibility index (Phi) is 14.7. The highest BCUT2D eigenvalue weighted by Gasteiger charge is 2.38. The molecule has 2 aromatic rings. The van der Waals surface area contributed by atoms with E-state index in [-0.39, 0.29) is 17.2 Å². The van der Waals surface area contributed by atoms with Crippen LogP contribution in [0.1, 0.15) is 84.3 Å². The van der Waals surface area contributed by atoms with Gasteiger partial charge in [-0.05, 0) is 43.1 Å². The summed E-state index contributed by atoms with van der Waals surface area (Å²) in [7, 11) is 1.63. The molecule has 202 valence electrons. The number of hydrogen-bond acceptors (Lipinski definition) is 4. The second-order valence-electron chi connectivity index (χ2n) is 10.0. The van der Waals surface area contributed by atoms with Gasteiger partial charge in [-0.25, -0.2) is 4.98 Å². The number of aryl methyl sites for hydroxylation is 2. The van der Waals surface area contributed by atoms with Gasteiger partial charge in [0.25, 0.3) is 0 Å². The van der Waals surface area contributed by atoms with E-state index in [4.69, 9.17) is 0 Å². The lowest BCUT2D eigenvalue weighted by molar-refractivity contribution is -0.134. The lowest BCUT2D eigenvalue weighted by Crippen LogP contribution is -2.47. The summed E-state index contributed by atoms with van der Waals surface area (Å²) in [5, 5.41) is 6.76. The van der Waals surface area contributed by atoms with Crippen LogP contribution >= 0.6 is 0 Å². The van der Waals surface area contributed by atoms with Gasteiger partial charge in [0.2, 0.25) is 11.8 Å². The van der Waals surface area contributed by atoms with Crippen molar-refractivity contribution in [2.45, 2.75) is 93.0 Å². The molecule has 1 fully saturated rings. The maximum atomic E-state index is 12.6. The lowest BCUT2D eigenvalue weighted by Gasteiger charge is -2.44. The predicted molar refractivity (Wildman–Crippen MR) is 148 cm³/mol. The van der Waals surface area contributed by atoms with Crippen LogP contribution in [-0.2, 0) is 22.6 Å². The van der Waals surface area contributed by atoms with Gasteiger partial charge < -0.3 is 10.2 Å². The quantitative estimate of drug-likeness (QED) is 0.525. The van der Waals surface area contributed by atoms with Gasteiger partial charge in [0.1, 0.15) is 12.7 Å². The van der Waals surface area contributed by atoms with Gasteiger partial charge in [-0.1, -0.05) is 77.3 Å². The van der Waals surface area contributed by atoms with Gasteiger partial charge in [-0.2, -0.15) is 5.10 Å². The van der Waals surface area contributed by atoms with Crippen molar-refractivity contribution in [1.82, 2.24) is 25.0 Å². The molecule has 1 aliphatic rings. The monoisotopic (exact) mass is 499 g/mol. The summed E-state index contributed by atoms with van der Waals surface area (Å²) in [4.78, 5) is 28.8. The van der Waals surface area contributed by atoms with E-state index in [1.54, 1.807) is 19.7 Å². The maximum absolute atomic E-state index is 12.6. The van der Waals surface area contributed by atoms with Crippen LogP contribution in [0.15, 0.2) is 36.9 Å². The molecule has 1 saturated heterocycles. The van der Waals surface area contributed by atoms with Crippen molar-refractivity contribution in [3.8, 4) is 0 Å². The van der Waals surface area contributed by atoms with Crippen molar-refractivity contribution in [3.05, 3.63) is 48.0 Å². The highest BCUT2D eigenvalue weighted by Crippen LogP contribution is 2.40. The third kappa shape index (κ3) is 10.9. The average molecular weight is 500 g/mol. The average Bonchev–Trinajstić information content (AvgIpc) is 3.41. The second kappa shape index (κ2) is 16.9. The molecule has 3 rings (SSSR count). The highest BCUT2D eigenvalue weighted by molar-refractivity contribution is 5.76. The molecule has 0 spiro atoms. The van der Waals surface area contributed by atoms with E-state index in [2.05, 4.69) is 79.2 Å². The summed E-state index contributed by atoms with van der Waals surface area (Å²) in [6.45, 7) is 15.4. The minimum absolute atomic E-state index is 0.0926. The number of hydrogen-bond donors (Lipinski definition) is 1. The summed E-state index contributed by atoms with van der Waals surface area (Å²) in [6.07, 6.45) is 10.1. The van der Waals surface area contributed by atoms with E-state index in [0.29, 0.717) is 18.8 Å². The smallest absolute Gasteiger partial charge is 0.222 e. The molecule has 0 unspecified atom stereocenters. The number of rotatable bonds is 8. The maximum Gasteiger partial charge on any atom is 0.222 e. The first-order chi connectivity index (χ1) is 17.2. The van der Waals surface area contributed by atoms with Crippen LogP contribution in [-0.4, -0.2) is 51.6 Å². The fourth-order valence-electron chi connectivity index (χ4n) is 4.10. The first kappa shape index (κ1) is 31.3. The number of unbranched alkanes of at least 4 members (excludes halogenated alkanes) is 1. The minimum atomic E-state index is 0.0926. The van der Waals surface area contributed by atoms with Crippen LogP contribution in [0, 0.1) is 18.3 Å². The van der Waals surface area contributed by atoms with E-state index in [1.807, 2.05) is 11.6 Å². The molecular formula is C29H49N5O2. The third-order valence-corrected chi connectivity index (χ3v) is 7.13. The molecule has 7 nitrogen and oxygen atoms in total. The molecule has 1 aromatic heterocycles. The first-order valence-corrected chi connectivity index (χ1v) is 13.6. The number of aromatic nitrogens is 3. The number of benzene rings is 1. The molecule has 0 atom stereocenters. The zero-order chi connectivity index (χ0) is 27.0. The molecule has 1 aliphatic heterocycles. The highest BCUT2D eigenvalue weighted by atomic mass is 16.2. The van der Waals surface area contributed by atoms with E-state index in [0.717, 1.165) is 38.9 Å². The van der Waals surface area contributed by atoms with Crippen molar-refractivity contribution in [1.29, 1.82) is 0 Å². The second-order valence-corrected chi connectivity index (χ2v) is 10.0. The number of carbonyl (C=O) groups is 2. The zero-order valence-electron chi connectivity index (χ0n) is 23.7. The summed E-state index contributed by atoms with van der Waals surface area (Å²) in [6, 6.07) is 8.48. The van der Waals surface area contributed by atoms with Crippen LogP contribution in [0.3, 0.4) is 0 Å². The first-order valence-electron chi connectivity index (χ1n) is 13.6. The number of amides is 2. The fraction of sp³-hybridized carbons (Fsp3) is 0.655. The van der Waals surface area contributed by atoms with Crippen molar-refractivity contribution in [2.24, 2.45) is 11.3 Å². The molecule has 1 N–H and O–H groups in total. The van der Waals surface area contributed by atoms with Gasteiger partial charge in [0.05, 0.1) is 0 Å². The molecule has 36 heavy (non-hydrogen) atoms. The van der Waals surface area contributed by atoms with Crippen LogP contribution in [0.2, 0.25) is 0 Å². The minimum Gasteiger partial charge on any atom is -0.359 e. The zero-order valence-corrected chi connectivity index (χ0v) is 23.7. The number of piperidine rings is 1. The summed E-state index contributed by atoms with van der Waals surface area (Å²) in [5.74, 6) is 0.926. The van der Waals surface area contributed by atoms with Crippen molar-refractivity contribution in [2.75, 3.05) is 20.1 Å². The molecule has 7 heteroatoms. The summed E-state index contributed by atoms with van der Waals surface area (Å²) >= 11 is 0. The number of carbonyl (C=O) groups excluding carboxylic acids is 2. The largest absolute Gasteiger partial charge is 0.359 e. The molecule has 0 radical (unpaired) electrons. The Labute approximate surface area is 219 Å². The van der Waals surface area contributed by atoms with Gasteiger partial charge in [-0.15, -0.1) is 0 Å². The normalized spacial score (nSPS) is 14.3.